The molecule has 0 amide bonds. The molecule has 31 heavy (non-hydrogen) atoms. The smallest absolute Gasteiger partial charge is 0.191 e. The molecule has 0 radical (unpaired) electrons. The number of aryl methyl sites for hydroxylation is 2. The second-order valence-electron chi connectivity index (χ2n) is 7.79. The monoisotopic (exact) mass is 540 g/mol. The summed E-state index contributed by atoms with van der Waals surface area (Å²) in [5.74, 6) is 2.85. The van der Waals surface area contributed by atoms with Crippen LogP contribution in [0.15, 0.2) is 41.7 Å². The maximum absolute atomic E-state index is 5.44. The van der Waals surface area contributed by atoms with Crippen LogP contribution < -0.4 is 15.4 Å². The molecule has 1 aromatic carbocycles. The highest BCUT2D eigenvalue weighted by Crippen LogP contribution is 2.27. The lowest BCUT2D eigenvalue weighted by atomic mass is 10.1. The van der Waals surface area contributed by atoms with Crippen LogP contribution in [0.1, 0.15) is 43.1 Å². The lowest BCUT2D eigenvalue weighted by Crippen LogP contribution is -2.43. The topological polar surface area (TPSA) is 66.7 Å². The van der Waals surface area contributed by atoms with Crippen molar-refractivity contribution in [3.05, 3.63) is 48.0 Å². The number of aliphatic imine (C=N–C) groups is 1. The second-order valence-corrected chi connectivity index (χ2v) is 7.79. The molecule has 1 atom stereocenters. The summed E-state index contributed by atoms with van der Waals surface area (Å²) in [5, 5.41) is 6.99. The number of likely N-dealkylation sites (tertiary alicyclic amines) is 1. The molecule has 0 saturated carbocycles. The summed E-state index contributed by atoms with van der Waals surface area (Å²) in [5.41, 5.74) is 1.29. The molecule has 0 aliphatic carbocycles. The molecule has 2 N–H and O–H groups in total. The van der Waals surface area contributed by atoms with E-state index in [4.69, 9.17) is 4.74 Å². The molecule has 8 heteroatoms. The van der Waals surface area contributed by atoms with Gasteiger partial charge in [-0.2, -0.15) is 0 Å². The molecule has 1 aromatic heterocycles. The average Bonchev–Trinajstić information content (AvgIpc) is 3.44. The van der Waals surface area contributed by atoms with Crippen molar-refractivity contribution in [3.8, 4) is 5.75 Å². The van der Waals surface area contributed by atoms with Gasteiger partial charge in [-0.3, -0.25) is 9.89 Å². The van der Waals surface area contributed by atoms with Gasteiger partial charge in [-0.15, -0.1) is 24.0 Å². The lowest BCUT2D eigenvalue weighted by molar-refractivity contribution is 0.245. The van der Waals surface area contributed by atoms with Crippen LogP contribution in [0.25, 0.3) is 0 Å². The summed E-state index contributed by atoms with van der Waals surface area (Å²) in [4.78, 5) is 11.2. The van der Waals surface area contributed by atoms with Crippen molar-refractivity contribution < 1.29 is 4.74 Å². The third-order valence-corrected chi connectivity index (χ3v) is 5.79. The zero-order chi connectivity index (χ0) is 21.2. The Bertz CT molecular complexity index is 803. The van der Waals surface area contributed by atoms with Crippen molar-refractivity contribution in [3.63, 3.8) is 0 Å². The molecule has 0 spiro atoms. The highest BCUT2D eigenvalue weighted by molar-refractivity contribution is 14.0. The number of halogens is 1. The van der Waals surface area contributed by atoms with Gasteiger partial charge in [0.2, 0.25) is 0 Å². The summed E-state index contributed by atoms with van der Waals surface area (Å²) in [6, 6.07) is 8.74. The molecule has 1 aliphatic heterocycles. The standard InChI is InChI=1S/C23H36N6O.HI/c1-19-25-12-16-28(19)13-5-4-11-26-23(24-2)27-18-22(29-14-6-7-15-29)20-9-8-10-21(17-20)30-3;/h8-10,12,16-17,22H,4-7,11,13-15,18H2,1-3H3,(H2,24,26,27);1H. The van der Waals surface area contributed by atoms with Crippen molar-refractivity contribution >= 4 is 29.9 Å². The number of benzene rings is 1. The fraction of sp³-hybridized carbons (Fsp3) is 0.565. The van der Waals surface area contributed by atoms with Crippen molar-refractivity contribution in [1.82, 2.24) is 25.1 Å². The number of hydrogen-bond acceptors (Lipinski definition) is 4. The first-order valence-electron chi connectivity index (χ1n) is 11.0. The summed E-state index contributed by atoms with van der Waals surface area (Å²) >= 11 is 0. The summed E-state index contributed by atoms with van der Waals surface area (Å²) in [7, 11) is 3.56. The van der Waals surface area contributed by atoms with E-state index in [0.29, 0.717) is 6.04 Å². The van der Waals surface area contributed by atoms with Crippen molar-refractivity contribution in [1.29, 1.82) is 0 Å². The first-order valence-corrected chi connectivity index (χ1v) is 11.0. The van der Waals surface area contributed by atoms with Crippen LogP contribution in [0.2, 0.25) is 0 Å². The van der Waals surface area contributed by atoms with Gasteiger partial charge in [0, 0.05) is 39.1 Å². The van der Waals surface area contributed by atoms with E-state index in [0.717, 1.165) is 63.1 Å². The predicted molar refractivity (Wildman–Crippen MR) is 138 cm³/mol. The highest BCUT2D eigenvalue weighted by atomic mass is 127. The normalized spacial score (nSPS) is 15.4. The third kappa shape index (κ3) is 7.68. The molecular weight excluding hydrogens is 503 g/mol. The van der Waals surface area contributed by atoms with Crippen LogP contribution >= 0.6 is 24.0 Å². The van der Waals surface area contributed by atoms with Crippen LogP contribution in [0, 0.1) is 6.92 Å². The van der Waals surface area contributed by atoms with Crippen LogP contribution in [0.3, 0.4) is 0 Å². The number of methoxy groups -OCH3 is 1. The van der Waals surface area contributed by atoms with E-state index in [1.807, 2.05) is 32.4 Å². The van der Waals surface area contributed by atoms with E-state index in [2.05, 4.69) is 48.3 Å². The minimum absolute atomic E-state index is 0. The molecule has 2 aromatic rings. The molecule has 1 fully saturated rings. The Kier molecular flexibility index (Phi) is 11.1. The van der Waals surface area contributed by atoms with Gasteiger partial charge in [-0.25, -0.2) is 4.98 Å². The number of imidazole rings is 1. The molecule has 0 bridgehead atoms. The zero-order valence-corrected chi connectivity index (χ0v) is 21.3. The van der Waals surface area contributed by atoms with Crippen molar-refractivity contribution in [2.45, 2.75) is 45.2 Å². The molecule has 7 nitrogen and oxygen atoms in total. The van der Waals surface area contributed by atoms with Gasteiger partial charge in [-0.1, -0.05) is 12.1 Å². The molecular formula is C23H37IN6O. The van der Waals surface area contributed by atoms with Crippen molar-refractivity contribution in [2.24, 2.45) is 4.99 Å². The molecule has 172 valence electrons. The summed E-state index contributed by atoms with van der Waals surface area (Å²) in [6.07, 6.45) is 8.64. The molecule has 1 aliphatic rings. The summed E-state index contributed by atoms with van der Waals surface area (Å²) < 4.78 is 7.64. The molecule has 1 unspecified atom stereocenters. The average molecular weight is 540 g/mol. The SMILES string of the molecule is CN=C(NCCCCn1ccnc1C)NCC(c1cccc(OC)c1)N1CCCC1.I. The predicted octanol–water partition coefficient (Wildman–Crippen LogP) is 3.60. The fourth-order valence-electron chi connectivity index (χ4n) is 4.03. The Morgan fingerprint density at radius 2 is 2.03 bits per heavy atom. The third-order valence-electron chi connectivity index (χ3n) is 5.79. The van der Waals surface area contributed by atoms with Gasteiger partial charge < -0.3 is 19.9 Å². The number of aromatic nitrogens is 2. The van der Waals surface area contributed by atoms with Crippen LogP contribution in [0.5, 0.6) is 5.75 Å². The maximum Gasteiger partial charge on any atom is 0.191 e. The van der Waals surface area contributed by atoms with E-state index in [1.54, 1.807) is 7.11 Å². The van der Waals surface area contributed by atoms with Gasteiger partial charge in [-0.05, 0) is 63.4 Å². The number of unbranched alkanes of at least 4 members (excludes halogenated alkanes) is 1. The van der Waals surface area contributed by atoms with E-state index < -0.39 is 0 Å². The zero-order valence-electron chi connectivity index (χ0n) is 19.0. The van der Waals surface area contributed by atoms with Crippen LogP contribution in [-0.4, -0.2) is 60.7 Å². The molecule has 2 heterocycles. The van der Waals surface area contributed by atoms with Gasteiger partial charge in [0.15, 0.2) is 5.96 Å². The van der Waals surface area contributed by atoms with Gasteiger partial charge >= 0.3 is 0 Å². The number of ether oxygens (including phenoxy) is 1. The lowest BCUT2D eigenvalue weighted by Gasteiger charge is -2.29. The van der Waals surface area contributed by atoms with E-state index in [1.165, 1.54) is 18.4 Å². The minimum atomic E-state index is 0. The number of nitrogens with one attached hydrogen (secondary N) is 2. The van der Waals surface area contributed by atoms with Crippen molar-refractivity contribution in [2.75, 3.05) is 40.3 Å². The van der Waals surface area contributed by atoms with Crippen LogP contribution in [-0.2, 0) is 6.54 Å². The number of nitrogens with zero attached hydrogens (tertiary/aromatic N) is 4. The largest absolute Gasteiger partial charge is 0.497 e. The molecule has 3 rings (SSSR count). The van der Waals surface area contributed by atoms with E-state index in [9.17, 15) is 0 Å². The van der Waals surface area contributed by atoms with Gasteiger partial charge in [0.25, 0.3) is 0 Å². The number of rotatable bonds is 10. The number of guanidine groups is 1. The Morgan fingerprint density at radius 1 is 1.23 bits per heavy atom. The quantitative estimate of drug-likeness (QED) is 0.209. The van der Waals surface area contributed by atoms with E-state index in [-0.39, 0.29) is 24.0 Å². The Hall–Kier alpha value is -1.81. The van der Waals surface area contributed by atoms with Gasteiger partial charge in [0.05, 0.1) is 13.2 Å². The first-order chi connectivity index (χ1) is 14.7. The second kappa shape index (κ2) is 13.6. The van der Waals surface area contributed by atoms with E-state index >= 15 is 0 Å². The summed E-state index contributed by atoms with van der Waals surface area (Å²) in [6.45, 7) is 7.06. The minimum Gasteiger partial charge on any atom is -0.497 e. The van der Waals surface area contributed by atoms with Crippen LogP contribution in [0.4, 0.5) is 0 Å². The highest BCUT2D eigenvalue weighted by Gasteiger charge is 2.24. The molecule has 1 saturated heterocycles. The Morgan fingerprint density at radius 3 is 2.71 bits per heavy atom. The van der Waals surface area contributed by atoms with Gasteiger partial charge in [0.1, 0.15) is 11.6 Å². The fourth-order valence-corrected chi connectivity index (χ4v) is 4.03. The first kappa shape index (κ1) is 25.5. The maximum atomic E-state index is 5.44. The Labute approximate surface area is 203 Å². The Balaban J connectivity index is 0.00000341. The number of hydrogen-bond donors (Lipinski definition) is 2.